The minimum Gasteiger partial charge on any atom is -0.361 e. The number of benzene rings is 3. The molecule has 0 aliphatic rings. The number of halogens is 2. The Morgan fingerprint density at radius 2 is 1.68 bits per heavy atom. The van der Waals surface area contributed by atoms with E-state index < -0.39 is 17.5 Å². The van der Waals surface area contributed by atoms with Crippen LogP contribution in [0.25, 0.3) is 10.9 Å². The molecule has 1 amide bonds. The second-order valence-electron chi connectivity index (χ2n) is 6.56. The van der Waals surface area contributed by atoms with Gasteiger partial charge in [0.05, 0.1) is 5.56 Å². The van der Waals surface area contributed by atoms with Crippen molar-refractivity contribution in [3.05, 3.63) is 107 Å². The van der Waals surface area contributed by atoms with Crippen LogP contribution >= 0.6 is 0 Å². The summed E-state index contributed by atoms with van der Waals surface area (Å²) in [7, 11) is 0. The summed E-state index contributed by atoms with van der Waals surface area (Å²) in [6, 6.07) is 21.3. The van der Waals surface area contributed by atoms with E-state index in [9.17, 15) is 13.6 Å². The molecule has 140 valence electrons. The summed E-state index contributed by atoms with van der Waals surface area (Å²) in [4.78, 5) is 15.7. The molecule has 1 heterocycles. The summed E-state index contributed by atoms with van der Waals surface area (Å²) in [6.07, 6.45) is 1.93. The first-order chi connectivity index (χ1) is 13.6. The molecule has 0 aliphatic carbocycles. The summed E-state index contributed by atoms with van der Waals surface area (Å²) >= 11 is 0. The highest BCUT2D eigenvalue weighted by molar-refractivity contribution is 5.94. The van der Waals surface area contributed by atoms with Crippen LogP contribution in [0.5, 0.6) is 0 Å². The molecular weight excluding hydrogens is 358 g/mol. The maximum atomic E-state index is 13.9. The summed E-state index contributed by atoms with van der Waals surface area (Å²) in [5.74, 6) is -2.96. The smallest absolute Gasteiger partial charge is 0.254 e. The summed E-state index contributed by atoms with van der Waals surface area (Å²) < 4.78 is 27.4. The summed E-state index contributed by atoms with van der Waals surface area (Å²) in [5, 5.41) is 3.82. The van der Waals surface area contributed by atoms with Gasteiger partial charge in [-0.25, -0.2) is 8.78 Å². The van der Waals surface area contributed by atoms with Gasteiger partial charge in [0.25, 0.3) is 5.91 Å². The number of aromatic nitrogens is 1. The predicted octanol–water partition coefficient (Wildman–Crippen LogP) is 5.01. The van der Waals surface area contributed by atoms with Gasteiger partial charge in [0, 0.05) is 29.6 Å². The molecule has 5 heteroatoms. The van der Waals surface area contributed by atoms with Crippen LogP contribution in [-0.2, 0) is 0 Å². The molecule has 4 aromatic rings. The first kappa shape index (κ1) is 17.9. The van der Waals surface area contributed by atoms with Gasteiger partial charge in [0.15, 0.2) is 11.6 Å². The third-order valence-electron chi connectivity index (χ3n) is 4.86. The normalized spacial score (nSPS) is 12.1. The third-order valence-corrected chi connectivity index (χ3v) is 4.86. The molecule has 0 saturated carbocycles. The quantitative estimate of drug-likeness (QED) is 0.505. The van der Waals surface area contributed by atoms with Crippen molar-refractivity contribution < 1.29 is 13.6 Å². The van der Waals surface area contributed by atoms with E-state index in [2.05, 4.69) is 10.3 Å². The number of nitrogens with one attached hydrogen (secondary N) is 2. The number of para-hydroxylation sites is 1. The van der Waals surface area contributed by atoms with Crippen LogP contribution in [0.2, 0.25) is 0 Å². The minimum atomic E-state index is -1.14. The van der Waals surface area contributed by atoms with Crippen molar-refractivity contribution in [2.75, 3.05) is 6.54 Å². The van der Waals surface area contributed by atoms with Crippen molar-refractivity contribution in [2.24, 2.45) is 0 Å². The first-order valence-electron chi connectivity index (χ1n) is 8.98. The summed E-state index contributed by atoms with van der Waals surface area (Å²) in [5.41, 5.74) is 2.75. The number of hydrogen-bond donors (Lipinski definition) is 2. The Morgan fingerprint density at radius 1 is 0.929 bits per heavy atom. The predicted molar refractivity (Wildman–Crippen MR) is 105 cm³/mol. The van der Waals surface area contributed by atoms with Crippen molar-refractivity contribution in [2.45, 2.75) is 5.92 Å². The first-order valence-corrected chi connectivity index (χ1v) is 8.98. The van der Waals surface area contributed by atoms with Crippen LogP contribution in [0.15, 0.2) is 79.0 Å². The standard InChI is InChI=1S/C23H18F2N2O/c24-20-11-6-10-17(22(20)25)23(28)27-13-18(15-7-2-1-3-8-15)19-14-26-21-12-5-4-9-16(19)21/h1-12,14,18,26H,13H2,(H,27,28). The molecule has 1 unspecified atom stereocenters. The molecule has 0 spiro atoms. The van der Waals surface area contributed by atoms with E-state index in [0.29, 0.717) is 0 Å². The Bertz CT molecular complexity index is 1120. The molecule has 1 aromatic heterocycles. The lowest BCUT2D eigenvalue weighted by Crippen LogP contribution is -2.29. The fraction of sp³-hybridized carbons (Fsp3) is 0.0870. The summed E-state index contributed by atoms with van der Waals surface area (Å²) in [6.45, 7) is 0.251. The van der Waals surface area contributed by atoms with Crippen molar-refractivity contribution in [3.63, 3.8) is 0 Å². The second-order valence-corrected chi connectivity index (χ2v) is 6.56. The molecule has 0 radical (unpaired) electrons. The Hall–Kier alpha value is -3.47. The highest BCUT2D eigenvalue weighted by atomic mass is 19.2. The Morgan fingerprint density at radius 3 is 2.50 bits per heavy atom. The molecule has 2 N–H and O–H groups in total. The highest BCUT2D eigenvalue weighted by Crippen LogP contribution is 2.30. The number of hydrogen-bond acceptors (Lipinski definition) is 1. The van der Waals surface area contributed by atoms with Crippen LogP contribution < -0.4 is 5.32 Å². The van der Waals surface area contributed by atoms with Crippen LogP contribution in [0, 0.1) is 11.6 Å². The molecule has 4 rings (SSSR count). The van der Waals surface area contributed by atoms with Gasteiger partial charge >= 0.3 is 0 Å². The monoisotopic (exact) mass is 376 g/mol. The zero-order chi connectivity index (χ0) is 19.5. The number of carbonyl (C=O) groups is 1. The van der Waals surface area contributed by atoms with Crippen molar-refractivity contribution in [3.8, 4) is 0 Å². The maximum absolute atomic E-state index is 13.9. The van der Waals surface area contributed by atoms with Gasteiger partial charge < -0.3 is 10.3 Å². The molecule has 1 atom stereocenters. The van der Waals surface area contributed by atoms with E-state index >= 15 is 0 Å². The lowest BCUT2D eigenvalue weighted by atomic mass is 9.91. The number of fused-ring (bicyclic) bond motifs is 1. The van der Waals surface area contributed by atoms with E-state index in [-0.39, 0.29) is 18.0 Å². The van der Waals surface area contributed by atoms with Crippen molar-refractivity contribution >= 4 is 16.8 Å². The van der Waals surface area contributed by atoms with Gasteiger partial charge in [-0.05, 0) is 29.3 Å². The van der Waals surface area contributed by atoms with Gasteiger partial charge in [-0.1, -0.05) is 54.6 Å². The highest BCUT2D eigenvalue weighted by Gasteiger charge is 2.21. The van der Waals surface area contributed by atoms with E-state index in [1.54, 1.807) is 0 Å². The number of H-pyrrole nitrogens is 1. The molecule has 0 fully saturated rings. The van der Waals surface area contributed by atoms with E-state index in [4.69, 9.17) is 0 Å². The fourth-order valence-electron chi connectivity index (χ4n) is 3.44. The average Bonchev–Trinajstić information content (AvgIpc) is 3.15. The minimum absolute atomic E-state index is 0.141. The zero-order valence-electron chi connectivity index (χ0n) is 15.0. The number of rotatable bonds is 5. The lowest BCUT2D eigenvalue weighted by Gasteiger charge is -2.18. The molecule has 0 saturated heterocycles. The van der Waals surface area contributed by atoms with Crippen LogP contribution in [0.3, 0.4) is 0 Å². The zero-order valence-corrected chi connectivity index (χ0v) is 15.0. The Kier molecular flexibility index (Phi) is 4.89. The maximum Gasteiger partial charge on any atom is 0.254 e. The van der Waals surface area contributed by atoms with Crippen LogP contribution in [0.4, 0.5) is 8.78 Å². The molecule has 3 nitrogen and oxygen atoms in total. The number of carbonyl (C=O) groups excluding carboxylic acids is 1. The second kappa shape index (κ2) is 7.64. The molecule has 3 aromatic carbocycles. The van der Waals surface area contributed by atoms with Crippen LogP contribution in [-0.4, -0.2) is 17.4 Å². The van der Waals surface area contributed by atoms with Crippen molar-refractivity contribution in [1.29, 1.82) is 0 Å². The SMILES string of the molecule is O=C(NCC(c1ccccc1)c1c[nH]c2ccccc12)c1cccc(F)c1F. The molecular formula is C23H18F2N2O. The van der Waals surface area contributed by atoms with E-state index in [1.165, 1.54) is 12.1 Å². The van der Waals surface area contributed by atoms with Crippen LogP contribution in [0.1, 0.15) is 27.4 Å². The largest absolute Gasteiger partial charge is 0.361 e. The topological polar surface area (TPSA) is 44.9 Å². The molecule has 28 heavy (non-hydrogen) atoms. The van der Waals surface area contributed by atoms with Gasteiger partial charge in [-0.2, -0.15) is 0 Å². The number of amides is 1. The molecule has 0 bridgehead atoms. The Balaban J connectivity index is 1.65. The van der Waals surface area contributed by atoms with Gasteiger partial charge in [-0.3, -0.25) is 4.79 Å². The van der Waals surface area contributed by atoms with E-state index in [1.807, 2.05) is 60.8 Å². The molecule has 0 aliphatic heterocycles. The number of aromatic amines is 1. The lowest BCUT2D eigenvalue weighted by molar-refractivity contribution is 0.0947. The van der Waals surface area contributed by atoms with E-state index in [0.717, 1.165) is 28.1 Å². The fourth-order valence-corrected chi connectivity index (χ4v) is 3.44. The third kappa shape index (κ3) is 3.39. The van der Waals surface area contributed by atoms with Crippen molar-refractivity contribution in [1.82, 2.24) is 10.3 Å². The van der Waals surface area contributed by atoms with Gasteiger partial charge in [0.1, 0.15) is 0 Å². The van der Waals surface area contributed by atoms with Gasteiger partial charge in [-0.15, -0.1) is 0 Å². The van der Waals surface area contributed by atoms with Gasteiger partial charge in [0.2, 0.25) is 0 Å². The average molecular weight is 376 g/mol. The Labute approximate surface area is 161 Å².